The third kappa shape index (κ3) is 3.94. The monoisotopic (exact) mass is 343 g/mol. The summed E-state index contributed by atoms with van der Waals surface area (Å²) < 4.78 is 1.90. The molecule has 0 aliphatic carbocycles. The Balaban J connectivity index is 1.65. The molecule has 0 fully saturated rings. The van der Waals surface area contributed by atoms with Crippen molar-refractivity contribution in [1.29, 1.82) is 0 Å². The molecule has 8 nitrogen and oxygen atoms in total. The quantitative estimate of drug-likeness (QED) is 0.892. The van der Waals surface area contributed by atoms with E-state index in [0.717, 1.165) is 43.3 Å². The normalized spacial score (nSPS) is 17.0. The van der Waals surface area contributed by atoms with Gasteiger partial charge in [0.25, 0.3) is 0 Å². The van der Waals surface area contributed by atoms with Crippen molar-refractivity contribution in [2.24, 2.45) is 0 Å². The predicted molar refractivity (Wildman–Crippen MR) is 94.3 cm³/mol. The number of rotatable bonds is 3. The van der Waals surface area contributed by atoms with Gasteiger partial charge in [-0.3, -0.25) is 0 Å². The van der Waals surface area contributed by atoms with Gasteiger partial charge in [-0.2, -0.15) is 5.10 Å². The molecular weight excluding hydrogens is 318 g/mol. The highest BCUT2D eigenvalue weighted by Gasteiger charge is 2.25. The molecule has 2 N–H and O–H groups in total. The van der Waals surface area contributed by atoms with Crippen molar-refractivity contribution < 1.29 is 4.79 Å². The lowest BCUT2D eigenvalue weighted by Crippen LogP contribution is -2.36. The number of aromatic nitrogens is 5. The Kier molecular flexibility index (Phi) is 4.69. The Morgan fingerprint density at radius 1 is 1.32 bits per heavy atom. The van der Waals surface area contributed by atoms with Crippen LogP contribution in [0, 0.1) is 0 Å². The third-order valence-corrected chi connectivity index (χ3v) is 4.12. The molecule has 0 saturated carbocycles. The van der Waals surface area contributed by atoms with E-state index >= 15 is 0 Å². The van der Waals surface area contributed by atoms with E-state index in [0.29, 0.717) is 5.69 Å². The predicted octanol–water partition coefficient (Wildman–Crippen LogP) is 2.58. The molecule has 1 aliphatic heterocycles. The van der Waals surface area contributed by atoms with Gasteiger partial charge in [-0.15, -0.1) is 0 Å². The van der Waals surface area contributed by atoms with Crippen LogP contribution in [0.3, 0.4) is 0 Å². The van der Waals surface area contributed by atoms with Gasteiger partial charge < -0.3 is 10.6 Å². The molecule has 1 atom stereocenters. The molecule has 0 unspecified atom stereocenters. The van der Waals surface area contributed by atoms with Gasteiger partial charge in [-0.05, 0) is 12.8 Å². The second-order valence-electron chi connectivity index (χ2n) is 7.30. The van der Waals surface area contributed by atoms with Crippen LogP contribution in [0.4, 0.5) is 10.5 Å². The maximum Gasteiger partial charge on any atom is 0.319 e. The summed E-state index contributed by atoms with van der Waals surface area (Å²) in [5.74, 6) is 2.39. The van der Waals surface area contributed by atoms with Crippen molar-refractivity contribution in [3.8, 4) is 0 Å². The van der Waals surface area contributed by atoms with Crippen LogP contribution >= 0.6 is 0 Å². The van der Waals surface area contributed by atoms with E-state index in [-0.39, 0.29) is 17.5 Å². The van der Waals surface area contributed by atoms with Crippen molar-refractivity contribution in [3.05, 3.63) is 29.9 Å². The fourth-order valence-electron chi connectivity index (χ4n) is 2.79. The first-order valence-electron chi connectivity index (χ1n) is 8.70. The van der Waals surface area contributed by atoms with Crippen LogP contribution in [0.2, 0.25) is 0 Å². The first-order chi connectivity index (χ1) is 11.9. The lowest BCUT2D eigenvalue weighted by atomic mass is 9.96. The minimum atomic E-state index is -0.286. The van der Waals surface area contributed by atoms with Gasteiger partial charge in [0.2, 0.25) is 0 Å². The highest BCUT2D eigenvalue weighted by molar-refractivity contribution is 5.89. The molecule has 0 saturated heterocycles. The molecule has 2 amide bonds. The summed E-state index contributed by atoms with van der Waals surface area (Å²) in [7, 11) is 0. The van der Waals surface area contributed by atoms with Crippen LogP contribution in [0.25, 0.3) is 0 Å². The van der Waals surface area contributed by atoms with E-state index in [4.69, 9.17) is 0 Å². The fourth-order valence-corrected chi connectivity index (χ4v) is 2.79. The summed E-state index contributed by atoms with van der Waals surface area (Å²) in [5.41, 5.74) is 0.446. The highest BCUT2D eigenvalue weighted by atomic mass is 16.2. The number of fused-ring (bicyclic) bond motifs is 1. The van der Waals surface area contributed by atoms with Gasteiger partial charge in [0, 0.05) is 18.4 Å². The molecule has 0 bridgehead atoms. The van der Waals surface area contributed by atoms with Gasteiger partial charge in [0.1, 0.15) is 11.6 Å². The largest absolute Gasteiger partial charge is 0.328 e. The van der Waals surface area contributed by atoms with Crippen LogP contribution < -0.4 is 10.6 Å². The van der Waals surface area contributed by atoms with Gasteiger partial charge in [-0.25, -0.2) is 24.4 Å². The molecule has 2 aromatic heterocycles. The van der Waals surface area contributed by atoms with Gasteiger partial charge >= 0.3 is 6.03 Å². The number of hydrogen-bond acceptors (Lipinski definition) is 5. The van der Waals surface area contributed by atoms with Crippen molar-refractivity contribution in [3.63, 3.8) is 0 Å². The Morgan fingerprint density at radius 3 is 2.68 bits per heavy atom. The summed E-state index contributed by atoms with van der Waals surface area (Å²) in [6.07, 6.45) is 5.87. The zero-order chi connectivity index (χ0) is 18.0. The lowest BCUT2D eigenvalue weighted by Gasteiger charge is -2.23. The number of aryl methyl sites for hydroxylation is 2. The standard InChI is InChI=1S/C17H25N7O/c1-5-13-22-14-12(7-6-8-24(14)23-13)21-16(25)20-11-9-18-15(19-10-11)17(2,3)4/h9-10,12H,5-8H2,1-4H3,(H2,20,21,25)/t12-/m0/s1. The van der Waals surface area contributed by atoms with E-state index in [2.05, 4.69) is 30.7 Å². The third-order valence-electron chi connectivity index (χ3n) is 4.12. The lowest BCUT2D eigenvalue weighted by molar-refractivity contribution is 0.244. The Bertz CT molecular complexity index is 745. The molecule has 3 heterocycles. The average Bonchev–Trinajstić information content (AvgIpc) is 2.99. The molecule has 3 rings (SSSR count). The van der Waals surface area contributed by atoms with E-state index in [9.17, 15) is 4.79 Å². The summed E-state index contributed by atoms with van der Waals surface area (Å²) in [6.45, 7) is 9.02. The number of hydrogen-bond donors (Lipinski definition) is 2. The first-order valence-corrected chi connectivity index (χ1v) is 8.70. The van der Waals surface area contributed by atoms with Crippen LogP contribution in [-0.2, 0) is 18.4 Å². The summed E-state index contributed by atoms with van der Waals surface area (Å²) in [5, 5.41) is 10.2. The number of nitrogens with one attached hydrogen (secondary N) is 2. The Hall–Kier alpha value is -2.51. The molecular formula is C17H25N7O. The Morgan fingerprint density at radius 2 is 2.04 bits per heavy atom. The number of nitrogens with zero attached hydrogens (tertiary/aromatic N) is 5. The van der Waals surface area contributed by atoms with Crippen molar-refractivity contribution in [2.75, 3.05) is 5.32 Å². The zero-order valence-electron chi connectivity index (χ0n) is 15.2. The molecule has 0 aromatic carbocycles. The number of anilines is 1. The molecule has 0 spiro atoms. The SMILES string of the molecule is CCc1nc2n(n1)CCC[C@@H]2NC(=O)Nc1cnc(C(C)(C)C)nc1. The summed E-state index contributed by atoms with van der Waals surface area (Å²) in [6, 6.07) is -0.414. The number of urea groups is 1. The van der Waals surface area contributed by atoms with Crippen LogP contribution in [0.5, 0.6) is 0 Å². The van der Waals surface area contributed by atoms with Crippen molar-refractivity contribution in [2.45, 2.75) is 65.0 Å². The maximum atomic E-state index is 12.3. The zero-order valence-corrected chi connectivity index (χ0v) is 15.2. The first kappa shape index (κ1) is 17.3. The molecule has 2 aromatic rings. The highest BCUT2D eigenvalue weighted by Crippen LogP contribution is 2.23. The summed E-state index contributed by atoms with van der Waals surface area (Å²) >= 11 is 0. The molecule has 134 valence electrons. The van der Waals surface area contributed by atoms with Gasteiger partial charge in [0.15, 0.2) is 5.82 Å². The van der Waals surface area contributed by atoms with Crippen LogP contribution in [0.15, 0.2) is 12.4 Å². The van der Waals surface area contributed by atoms with Crippen LogP contribution in [-0.4, -0.2) is 30.8 Å². The molecule has 0 radical (unpaired) electrons. The number of carbonyl (C=O) groups is 1. The second kappa shape index (κ2) is 6.78. The number of amides is 2. The maximum absolute atomic E-state index is 12.3. The number of carbonyl (C=O) groups excluding carboxylic acids is 1. The minimum Gasteiger partial charge on any atom is -0.328 e. The van der Waals surface area contributed by atoms with E-state index < -0.39 is 0 Å². The second-order valence-corrected chi connectivity index (χ2v) is 7.30. The average molecular weight is 343 g/mol. The molecule has 25 heavy (non-hydrogen) atoms. The van der Waals surface area contributed by atoms with Gasteiger partial charge in [0.05, 0.1) is 24.1 Å². The minimum absolute atomic E-state index is 0.121. The fraction of sp³-hybridized carbons (Fsp3) is 0.588. The summed E-state index contributed by atoms with van der Waals surface area (Å²) in [4.78, 5) is 25.5. The smallest absolute Gasteiger partial charge is 0.319 e. The van der Waals surface area contributed by atoms with Gasteiger partial charge in [-0.1, -0.05) is 27.7 Å². The van der Waals surface area contributed by atoms with Crippen LogP contribution in [0.1, 0.15) is 64.1 Å². The van der Waals surface area contributed by atoms with E-state index in [1.54, 1.807) is 12.4 Å². The topological polar surface area (TPSA) is 97.6 Å². The van der Waals surface area contributed by atoms with Crippen molar-refractivity contribution in [1.82, 2.24) is 30.0 Å². The molecule has 8 heteroatoms. The Labute approximate surface area is 147 Å². The van der Waals surface area contributed by atoms with E-state index in [1.807, 2.05) is 32.4 Å². The van der Waals surface area contributed by atoms with E-state index in [1.165, 1.54) is 0 Å². The van der Waals surface area contributed by atoms with Crippen molar-refractivity contribution >= 4 is 11.7 Å². The molecule has 1 aliphatic rings.